The van der Waals surface area contributed by atoms with Crippen molar-refractivity contribution >= 4 is 5.96 Å². The third-order valence-electron chi connectivity index (χ3n) is 2.99. The maximum Gasteiger partial charge on any atom is 0.190 e. The molecule has 0 saturated carbocycles. The van der Waals surface area contributed by atoms with E-state index >= 15 is 0 Å². The summed E-state index contributed by atoms with van der Waals surface area (Å²) in [5, 5.41) is 10.8. The van der Waals surface area contributed by atoms with Crippen LogP contribution in [0.25, 0.3) is 0 Å². The summed E-state index contributed by atoms with van der Waals surface area (Å²) < 4.78 is 1.84. The lowest BCUT2D eigenvalue weighted by Gasteiger charge is -2.11. The number of unbranched alkanes of at least 4 members (excludes halogenated alkanes) is 2. The molecule has 1 heterocycles. The predicted molar refractivity (Wildman–Crippen MR) is 80.4 cm³/mol. The van der Waals surface area contributed by atoms with Crippen LogP contribution in [0.2, 0.25) is 0 Å². The SMILES string of the molecule is CCCCCNC(=NC)NCCCc1cnn(C)c1. The first kappa shape index (κ1) is 15.5. The van der Waals surface area contributed by atoms with Gasteiger partial charge in [0.25, 0.3) is 0 Å². The largest absolute Gasteiger partial charge is 0.356 e. The molecule has 108 valence electrons. The highest BCUT2D eigenvalue weighted by atomic mass is 15.2. The molecule has 1 aromatic heterocycles. The first-order valence-corrected chi connectivity index (χ1v) is 7.18. The molecule has 0 fully saturated rings. The molecule has 1 rings (SSSR count). The van der Waals surface area contributed by atoms with Crippen LogP contribution in [0, 0.1) is 0 Å². The van der Waals surface area contributed by atoms with Crippen LogP contribution >= 0.6 is 0 Å². The number of aliphatic imine (C=N–C) groups is 1. The van der Waals surface area contributed by atoms with Gasteiger partial charge in [-0.15, -0.1) is 0 Å². The molecule has 0 spiro atoms. The van der Waals surface area contributed by atoms with Gasteiger partial charge in [-0.2, -0.15) is 5.10 Å². The molecule has 0 amide bonds. The third-order valence-corrected chi connectivity index (χ3v) is 2.99. The van der Waals surface area contributed by atoms with E-state index in [9.17, 15) is 0 Å². The van der Waals surface area contributed by atoms with Crippen LogP contribution in [0.3, 0.4) is 0 Å². The number of hydrogen-bond donors (Lipinski definition) is 2. The molecule has 5 nitrogen and oxygen atoms in total. The highest BCUT2D eigenvalue weighted by Gasteiger charge is 1.98. The van der Waals surface area contributed by atoms with Crippen molar-refractivity contribution in [3.05, 3.63) is 18.0 Å². The molecule has 0 atom stereocenters. The summed E-state index contributed by atoms with van der Waals surface area (Å²) >= 11 is 0. The van der Waals surface area contributed by atoms with Gasteiger partial charge >= 0.3 is 0 Å². The van der Waals surface area contributed by atoms with E-state index in [1.165, 1.54) is 24.8 Å². The number of aryl methyl sites for hydroxylation is 2. The van der Waals surface area contributed by atoms with Crippen LogP contribution in [0.5, 0.6) is 0 Å². The van der Waals surface area contributed by atoms with Gasteiger partial charge in [0.1, 0.15) is 0 Å². The minimum absolute atomic E-state index is 0.905. The Hall–Kier alpha value is -1.52. The smallest absolute Gasteiger partial charge is 0.190 e. The predicted octanol–water partition coefficient (Wildman–Crippen LogP) is 1.71. The molecule has 0 aliphatic rings. The molecule has 0 saturated heterocycles. The van der Waals surface area contributed by atoms with Crippen LogP contribution in [-0.4, -0.2) is 35.9 Å². The van der Waals surface area contributed by atoms with Gasteiger partial charge in [-0.05, 0) is 24.8 Å². The fourth-order valence-corrected chi connectivity index (χ4v) is 1.90. The standard InChI is InChI=1S/C14H27N5/c1-4-5-6-9-16-14(15-2)17-10-7-8-13-11-18-19(3)12-13/h11-12H,4-10H2,1-3H3,(H2,15,16,17). The van der Waals surface area contributed by atoms with E-state index in [1.54, 1.807) is 0 Å². The van der Waals surface area contributed by atoms with E-state index in [4.69, 9.17) is 0 Å². The molecule has 2 N–H and O–H groups in total. The van der Waals surface area contributed by atoms with Gasteiger partial charge in [-0.3, -0.25) is 9.67 Å². The average Bonchev–Trinajstić information content (AvgIpc) is 2.82. The molecular formula is C14H27N5. The van der Waals surface area contributed by atoms with Crippen molar-refractivity contribution in [3.63, 3.8) is 0 Å². The Morgan fingerprint density at radius 3 is 2.58 bits per heavy atom. The van der Waals surface area contributed by atoms with Crippen molar-refractivity contribution in [1.29, 1.82) is 0 Å². The molecule has 0 aliphatic carbocycles. The van der Waals surface area contributed by atoms with Crippen molar-refractivity contribution in [2.75, 3.05) is 20.1 Å². The molecule has 19 heavy (non-hydrogen) atoms. The minimum Gasteiger partial charge on any atom is -0.356 e. The summed E-state index contributed by atoms with van der Waals surface area (Å²) in [6.07, 6.45) is 9.85. The summed E-state index contributed by atoms with van der Waals surface area (Å²) in [4.78, 5) is 4.21. The fraction of sp³-hybridized carbons (Fsp3) is 0.714. The lowest BCUT2D eigenvalue weighted by molar-refractivity contribution is 0.677. The van der Waals surface area contributed by atoms with Gasteiger partial charge in [0, 0.05) is 33.4 Å². The number of nitrogens with zero attached hydrogens (tertiary/aromatic N) is 3. The van der Waals surface area contributed by atoms with Crippen LogP contribution in [0.1, 0.15) is 38.2 Å². The topological polar surface area (TPSA) is 54.2 Å². The lowest BCUT2D eigenvalue weighted by atomic mass is 10.2. The second-order valence-corrected chi connectivity index (χ2v) is 4.76. The molecule has 0 radical (unpaired) electrons. The Labute approximate surface area is 116 Å². The summed E-state index contributed by atoms with van der Waals surface area (Å²) in [5.74, 6) is 0.905. The van der Waals surface area contributed by atoms with E-state index in [0.29, 0.717) is 0 Å². The van der Waals surface area contributed by atoms with Gasteiger partial charge in [0.05, 0.1) is 6.20 Å². The van der Waals surface area contributed by atoms with Gasteiger partial charge in [-0.1, -0.05) is 19.8 Å². The summed E-state index contributed by atoms with van der Waals surface area (Å²) in [7, 11) is 3.76. The molecule has 0 bridgehead atoms. The number of aromatic nitrogens is 2. The average molecular weight is 265 g/mol. The molecule has 1 aromatic rings. The zero-order valence-corrected chi connectivity index (χ0v) is 12.4. The van der Waals surface area contributed by atoms with E-state index in [0.717, 1.165) is 31.9 Å². The van der Waals surface area contributed by atoms with Crippen LogP contribution in [0.15, 0.2) is 17.4 Å². The summed E-state index contributed by atoms with van der Waals surface area (Å²) in [6, 6.07) is 0. The maximum atomic E-state index is 4.21. The highest BCUT2D eigenvalue weighted by molar-refractivity contribution is 5.79. The molecule has 0 unspecified atom stereocenters. The van der Waals surface area contributed by atoms with E-state index in [2.05, 4.69) is 33.8 Å². The Morgan fingerprint density at radius 1 is 1.26 bits per heavy atom. The van der Waals surface area contributed by atoms with Crippen molar-refractivity contribution in [2.24, 2.45) is 12.0 Å². The van der Waals surface area contributed by atoms with Crippen molar-refractivity contribution < 1.29 is 0 Å². The molecular weight excluding hydrogens is 238 g/mol. The highest BCUT2D eigenvalue weighted by Crippen LogP contribution is 1.99. The fourth-order valence-electron chi connectivity index (χ4n) is 1.90. The Morgan fingerprint density at radius 2 is 2.00 bits per heavy atom. The van der Waals surface area contributed by atoms with Crippen LogP contribution in [-0.2, 0) is 13.5 Å². The first-order valence-electron chi connectivity index (χ1n) is 7.18. The normalized spacial score (nSPS) is 11.6. The third kappa shape index (κ3) is 6.84. The summed E-state index contributed by atoms with van der Waals surface area (Å²) in [5.41, 5.74) is 1.29. The quantitative estimate of drug-likeness (QED) is 0.427. The van der Waals surface area contributed by atoms with Gasteiger partial charge in [-0.25, -0.2) is 0 Å². The summed E-state index contributed by atoms with van der Waals surface area (Å²) in [6.45, 7) is 4.14. The second-order valence-electron chi connectivity index (χ2n) is 4.76. The van der Waals surface area contributed by atoms with Gasteiger partial charge in [0.15, 0.2) is 5.96 Å². The van der Waals surface area contributed by atoms with Crippen LogP contribution < -0.4 is 10.6 Å². The number of rotatable bonds is 8. The van der Waals surface area contributed by atoms with E-state index in [1.807, 2.05) is 25.0 Å². The number of nitrogens with one attached hydrogen (secondary N) is 2. The Kier molecular flexibility index (Phi) is 7.70. The van der Waals surface area contributed by atoms with Crippen LogP contribution in [0.4, 0.5) is 0 Å². The Balaban J connectivity index is 2.09. The number of guanidine groups is 1. The monoisotopic (exact) mass is 265 g/mol. The zero-order chi connectivity index (χ0) is 13.9. The van der Waals surface area contributed by atoms with Crippen molar-refractivity contribution in [3.8, 4) is 0 Å². The minimum atomic E-state index is 0.905. The van der Waals surface area contributed by atoms with Gasteiger partial charge in [0.2, 0.25) is 0 Å². The van der Waals surface area contributed by atoms with E-state index in [-0.39, 0.29) is 0 Å². The lowest BCUT2D eigenvalue weighted by Crippen LogP contribution is -2.38. The maximum absolute atomic E-state index is 4.21. The van der Waals surface area contributed by atoms with Gasteiger partial charge < -0.3 is 10.6 Å². The number of hydrogen-bond acceptors (Lipinski definition) is 2. The van der Waals surface area contributed by atoms with Crippen molar-refractivity contribution in [1.82, 2.24) is 20.4 Å². The van der Waals surface area contributed by atoms with E-state index < -0.39 is 0 Å². The Bertz CT molecular complexity index is 370. The molecule has 0 aliphatic heterocycles. The van der Waals surface area contributed by atoms with Crippen molar-refractivity contribution in [2.45, 2.75) is 39.0 Å². The molecule has 5 heteroatoms. The second kappa shape index (κ2) is 9.42. The first-order chi connectivity index (χ1) is 9.26. The zero-order valence-electron chi connectivity index (χ0n) is 12.4. The molecule has 0 aromatic carbocycles.